The Balaban J connectivity index is 1.64. The minimum absolute atomic E-state index is 0.0208. The molecule has 3 aromatic carbocycles. The second-order valence-corrected chi connectivity index (χ2v) is 10.4. The maximum absolute atomic E-state index is 13.8. The zero-order valence-corrected chi connectivity index (χ0v) is 18.8. The highest BCUT2D eigenvalue weighted by Crippen LogP contribution is 2.64. The van der Waals surface area contributed by atoms with Gasteiger partial charge in [0.1, 0.15) is 5.75 Å². The summed E-state index contributed by atoms with van der Waals surface area (Å²) >= 11 is 0. The first-order valence-electron chi connectivity index (χ1n) is 10.7. The molecule has 1 saturated heterocycles. The largest absolute Gasteiger partial charge is 0.497 e. The van der Waals surface area contributed by atoms with Gasteiger partial charge < -0.3 is 4.74 Å². The Morgan fingerprint density at radius 1 is 0.906 bits per heavy atom. The predicted molar refractivity (Wildman–Crippen MR) is 122 cm³/mol. The number of nitrogens with zero attached hydrogens (tertiary/aromatic N) is 1. The lowest BCUT2D eigenvalue weighted by molar-refractivity contribution is -0.157. The fraction of sp³-hybridized carbons (Fsp3) is 0.269. The van der Waals surface area contributed by atoms with E-state index in [-0.39, 0.29) is 28.6 Å². The Labute approximate surface area is 188 Å². The number of sulfonamides is 1. The smallest absolute Gasteiger partial charge is 0.267 e. The van der Waals surface area contributed by atoms with Crippen LogP contribution in [0.25, 0.3) is 0 Å². The van der Waals surface area contributed by atoms with E-state index >= 15 is 0 Å². The van der Waals surface area contributed by atoms with E-state index in [4.69, 9.17) is 4.74 Å². The highest BCUT2D eigenvalue weighted by Gasteiger charge is 2.71. The van der Waals surface area contributed by atoms with Crippen molar-refractivity contribution < 1.29 is 17.9 Å². The van der Waals surface area contributed by atoms with Gasteiger partial charge in [0.25, 0.3) is 10.0 Å². The average Bonchev–Trinajstić information content (AvgIpc) is 3.08. The lowest BCUT2D eigenvalue weighted by Gasteiger charge is -2.54. The van der Waals surface area contributed by atoms with E-state index in [0.717, 1.165) is 15.4 Å². The summed E-state index contributed by atoms with van der Waals surface area (Å²) in [6, 6.07) is 25.9. The van der Waals surface area contributed by atoms with Crippen LogP contribution < -0.4 is 4.74 Å². The summed E-state index contributed by atoms with van der Waals surface area (Å²) in [4.78, 5) is 13.6. The predicted octanol–water partition coefficient (Wildman–Crippen LogP) is 4.56. The van der Waals surface area contributed by atoms with E-state index in [1.165, 1.54) is 19.2 Å². The summed E-state index contributed by atoms with van der Waals surface area (Å²) in [6.45, 7) is 2.07. The number of carbonyl (C=O) groups is 1. The number of β-lactam (4-membered cyclic amide) rings is 1. The van der Waals surface area contributed by atoms with E-state index < -0.39 is 15.6 Å². The molecule has 1 aliphatic heterocycles. The van der Waals surface area contributed by atoms with Crippen molar-refractivity contribution in [3.8, 4) is 5.75 Å². The summed E-state index contributed by atoms with van der Waals surface area (Å²) in [7, 11) is -2.51. The molecule has 164 valence electrons. The standard InChI is InChI=1S/C26H25NO4S/c1-18-23(19-9-5-3-6-10-19)17-26(20-11-7-4-8-12-20)24(18)25(28)27(26)32(29,30)22-15-13-21(31-2)14-16-22/h3-16,18,23-24H,17H2,1-2H3/t18-,23-,24-,26+/m1/s1. The van der Waals surface area contributed by atoms with Gasteiger partial charge in [0.2, 0.25) is 5.91 Å². The van der Waals surface area contributed by atoms with Crippen LogP contribution in [0, 0.1) is 11.8 Å². The van der Waals surface area contributed by atoms with Crippen LogP contribution in [0.1, 0.15) is 30.4 Å². The van der Waals surface area contributed by atoms with E-state index in [9.17, 15) is 13.2 Å². The molecule has 2 fully saturated rings. The third kappa shape index (κ3) is 2.82. The summed E-state index contributed by atoms with van der Waals surface area (Å²) in [5.74, 6) is -0.0410. The first-order chi connectivity index (χ1) is 15.4. The van der Waals surface area contributed by atoms with Gasteiger partial charge in [0.05, 0.1) is 23.5 Å². The molecule has 0 bridgehead atoms. The van der Waals surface area contributed by atoms with Gasteiger partial charge in [0, 0.05) is 0 Å². The van der Waals surface area contributed by atoms with Crippen LogP contribution in [0.3, 0.4) is 0 Å². The summed E-state index contributed by atoms with van der Waals surface area (Å²) < 4.78 is 33.8. The molecule has 0 N–H and O–H groups in total. The van der Waals surface area contributed by atoms with Gasteiger partial charge in [-0.1, -0.05) is 67.6 Å². The minimum Gasteiger partial charge on any atom is -0.497 e. The first kappa shape index (κ1) is 20.8. The monoisotopic (exact) mass is 447 g/mol. The van der Waals surface area contributed by atoms with Crippen molar-refractivity contribution in [1.82, 2.24) is 4.31 Å². The van der Waals surface area contributed by atoms with Crippen LogP contribution in [0.5, 0.6) is 5.75 Å². The molecule has 1 amide bonds. The van der Waals surface area contributed by atoms with E-state index in [1.54, 1.807) is 12.1 Å². The minimum atomic E-state index is -4.04. The molecular weight excluding hydrogens is 422 g/mol. The lowest BCUT2D eigenvalue weighted by Crippen LogP contribution is -2.68. The van der Waals surface area contributed by atoms with Crippen molar-refractivity contribution in [1.29, 1.82) is 0 Å². The average molecular weight is 448 g/mol. The molecular formula is C26H25NO4S. The summed E-state index contributed by atoms with van der Waals surface area (Å²) in [5, 5.41) is 0. The molecule has 0 radical (unpaired) electrons. The van der Waals surface area contributed by atoms with Gasteiger partial charge >= 0.3 is 0 Å². The van der Waals surface area contributed by atoms with Crippen molar-refractivity contribution in [3.63, 3.8) is 0 Å². The highest BCUT2D eigenvalue weighted by atomic mass is 32.2. The van der Waals surface area contributed by atoms with Gasteiger partial charge in [-0.25, -0.2) is 12.7 Å². The van der Waals surface area contributed by atoms with Gasteiger partial charge in [-0.3, -0.25) is 4.79 Å². The Hall–Kier alpha value is -3.12. The Bertz CT molecular complexity index is 1240. The molecule has 5 nitrogen and oxygen atoms in total. The topological polar surface area (TPSA) is 63.7 Å². The van der Waals surface area contributed by atoms with E-state index in [1.807, 2.05) is 48.5 Å². The quantitative estimate of drug-likeness (QED) is 0.538. The van der Waals surface area contributed by atoms with Crippen LogP contribution in [-0.4, -0.2) is 25.7 Å². The Morgan fingerprint density at radius 3 is 2.09 bits per heavy atom. The summed E-state index contributed by atoms with van der Waals surface area (Å²) in [6.07, 6.45) is 0.563. The van der Waals surface area contributed by atoms with Crippen molar-refractivity contribution in [2.75, 3.05) is 7.11 Å². The van der Waals surface area contributed by atoms with Crippen LogP contribution in [0.2, 0.25) is 0 Å². The zero-order chi connectivity index (χ0) is 22.5. The number of hydrogen-bond acceptors (Lipinski definition) is 4. The van der Waals surface area contributed by atoms with E-state index in [2.05, 4.69) is 19.1 Å². The van der Waals surface area contributed by atoms with Crippen molar-refractivity contribution >= 4 is 15.9 Å². The number of amides is 1. The van der Waals surface area contributed by atoms with Gasteiger partial charge in [-0.05, 0) is 53.6 Å². The number of benzene rings is 3. The maximum atomic E-state index is 13.8. The van der Waals surface area contributed by atoms with Crippen LogP contribution >= 0.6 is 0 Å². The van der Waals surface area contributed by atoms with Crippen molar-refractivity contribution in [2.45, 2.75) is 29.7 Å². The fourth-order valence-electron chi connectivity index (χ4n) is 5.66. The molecule has 4 atom stereocenters. The number of rotatable bonds is 5. The van der Waals surface area contributed by atoms with Crippen LogP contribution in [-0.2, 0) is 20.4 Å². The third-order valence-electron chi connectivity index (χ3n) is 7.13. The number of ether oxygens (including phenoxy) is 1. The second-order valence-electron chi connectivity index (χ2n) is 8.63. The molecule has 2 aliphatic rings. The van der Waals surface area contributed by atoms with E-state index in [0.29, 0.717) is 12.2 Å². The Morgan fingerprint density at radius 2 is 1.50 bits per heavy atom. The first-order valence-corrected chi connectivity index (χ1v) is 12.2. The molecule has 6 heteroatoms. The molecule has 1 aliphatic carbocycles. The molecule has 1 heterocycles. The molecule has 0 unspecified atom stereocenters. The molecule has 1 saturated carbocycles. The molecule has 3 aromatic rings. The molecule has 0 spiro atoms. The number of fused-ring (bicyclic) bond motifs is 1. The molecule has 5 rings (SSSR count). The zero-order valence-electron chi connectivity index (χ0n) is 18.0. The summed E-state index contributed by atoms with van der Waals surface area (Å²) in [5.41, 5.74) is 1.11. The van der Waals surface area contributed by atoms with Gasteiger partial charge in [0.15, 0.2) is 0 Å². The SMILES string of the molecule is COc1ccc(S(=O)(=O)N2C(=O)[C@H]3[C@H](C)[C@H](c4ccccc4)C[C@]32c2ccccc2)cc1. The lowest BCUT2D eigenvalue weighted by atomic mass is 9.71. The van der Waals surface area contributed by atoms with Crippen LogP contribution in [0.15, 0.2) is 89.8 Å². The highest BCUT2D eigenvalue weighted by molar-refractivity contribution is 7.89. The molecule has 0 aromatic heterocycles. The normalized spacial score (nSPS) is 27.0. The molecule has 32 heavy (non-hydrogen) atoms. The number of carbonyl (C=O) groups excluding carboxylic acids is 1. The van der Waals surface area contributed by atoms with Crippen molar-refractivity contribution in [3.05, 3.63) is 96.1 Å². The van der Waals surface area contributed by atoms with Crippen LogP contribution in [0.4, 0.5) is 0 Å². The Kier molecular flexibility index (Phi) is 4.86. The second kappa shape index (κ2) is 7.48. The van der Waals surface area contributed by atoms with Crippen molar-refractivity contribution in [2.24, 2.45) is 11.8 Å². The number of methoxy groups -OCH3 is 1. The van der Waals surface area contributed by atoms with Gasteiger partial charge in [-0.15, -0.1) is 0 Å². The van der Waals surface area contributed by atoms with Gasteiger partial charge in [-0.2, -0.15) is 0 Å². The maximum Gasteiger partial charge on any atom is 0.267 e. The third-order valence-corrected chi connectivity index (χ3v) is 8.99. The number of hydrogen-bond donors (Lipinski definition) is 0. The fourth-order valence-corrected chi connectivity index (χ4v) is 7.42.